The fraction of sp³-hybridized carbons (Fsp3) is 0.333. The summed E-state index contributed by atoms with van der Waals surface area (Å²) in [5.41, 5.74) is 2.94. The van der Waals surface area contributed by atoms with Crippen LogP contribution in [-0.2, 0) is 13.0 Å². The molecule has 0 bridgehead atoms. The molecule has 0 aliphatic carbocycles. The SMILES string of the molecule is COc1cc2c(cc1OC)CN(C(=O)c1c(-c3cccs3)noc1[C@H](C)O)CC2. The van der Waals surface area contributed by atoms with Crippen molar-refractivity contribution in [2.24, 2.45) is 0 Å². The van der Waals surface area contributed by atoms with Gasteiger partial charge in [-0.1, -0.05) is 11.2 Å². The van der Waals surface area contributed by atoms with Gasteiger partial charge in [0.2, 0.25) is 0 Å². The first-order valence-corrected chi connectivity index (χ1v) is 10.2. The first kappa shape index (κ1) is 19.5. The Bertz CT molecular complexity index is 1030. The lowest BCUT2D eigenvalue weighted by Crippen LogP contribution is -2.36. The van der Waals surface area contributed by atoms with Crippen molar-refractivity contribution in [2.75, 3.05) is 20.8 Å². The van der Waals surface area contributed by atoms with Crippen molar-refractivity contribution in [1.29, 1.82) is 0 Å². The van der Waals surface area contributed by atoms with Crippen molar-refractivity contribution in [3.63, 3.8) is 0 Å². The Morgan fingerprint density at radius 1 is 1.28 bits per heavy atom. The molecule has 1 N–H and O–H groups in total. The van der Waals surface area contributed by atoms with Crippen LogP contribution in [0.25, 0.3) is 10.6 Å². The van der Waals surface area contributed by atoms with Gasteiger partial charge in [0.05, 0.1) is 19.1 Å². The molecule has 29 heavy (non-hydrogen) atoms. The Morgan fingerprint density at radius 3 is 2.62 bits per heavy atom. The quantitative estimate of drug-likeness (QED) is 0.686. The van der Waals surface area contributed by atoms with Crippen LogP contribution in [0.15, 0.2) is 34.2 Å². The van der Waals surface area contributed by atoms with Gasteiger partial charge in [-0.3, -0.25) is 4.79 Å². The summed E-state index contributed by atoms with van der Waals surface area (Å²) in [6.45, 7) is 2.55. The number of benzene rings is 1. The second-order valence-corrected chi connectivity index (χ2v) is 7.82. The summed E-state index contributed by atoms with van der Waals surface area (Å²) in [7, 11) is 3.20. The minimum Gasteiger partial charge on any atom is -0.493 e. The van der Waals surface area contributed by atoms with Gasteiger partial charge < -0.3 is 24.0 Å². The van der Waals surface area contributed by atoms with Gasteiger partial charge in [-0.25, -0.2) is 0 Å². The third kappa shape index (κ3) is 3.49. The van der Waals surface area contributed by atoms with Gasteiger partial charge in [0, 0.05) is 13.1 Å². The highest BCUT2D eigenvalue weighted by Gasteiger charge is 2.32. The number of ether oxygens (including phenoxy) is 2. The molecule has 3 aromatic rings. The van der Waals surface area contributed by atoms with Gasteiger partial charge in [-0.05, 0) is 48.1 Å². The van der Waals surface area contributed by atoms with Crippen molar-refractivity contribution in [3.8, 4) is 22.1 Å². The maximum absolute atomic E-state index is 13.5. The molecular weight excluding hydrogens is 392 g/mol. The molecule has 152 valence electrons. The number of rotatable bonds is 5. The molecule has 7 nitrogen and oxygen atoms in total. The summed E-state index contributed by atoms with van der Waals surface area (Å²) in [5, 5.41) is 16.1. The normalized spacial score (nSPS) is 14.4. The number of hydrogen-bond donors (Lipinski definition) is 1. The highest BCUT2D eigenvalue weighted by molar-refractivity contribution is 7.13. The predicted octanol–water partition coefficient (Wildman–Crippen LogP) is 3.67. The fourth-order valence-corrected chi connectivity index (χ4v) is 4.30. The number of thiophene rings is 1. The van der Waals surface area contributed by atoms with Gasteiger partial charge in [0.25, 0.3) is 5.91 Å². The number of aliphatic hydroxyl groups is 1. The number of aromatic nitrogens is 1. The van der Waals surface area contributed by atoms with Crippen LogP contribution in [-0.4, -0.2) is 41.8 Å². The van der Waals surface area contributed by atoms with Crippen LogP contribution in [0, 0.1) is 0 Å². The molecule has 8 heteroatoms. The van der Waals surface area contributed by atoms with Crippen LogP contribution in [0.4, 0.5) is 0 Å². The Morgan fingerprint density at radius 2 is 2.00 bits per heavy atom. The largest absolute Gasteiger partial charge is 0.493 e. The van der Waals surface area contributed by atoms with Crippen LogP contribution >= 0.6 is 11.3 Å². The highest BCUT2D eigenvalue weighted by atomic mass is 32.1. The molecule has 1 atom stereocenters. The van der Waals surface area contributed by atoms with E-state index < -0.39 is 6.10 Å². The Hall–Kier alpha value is -2.84. The van der Waals surface area contributed by atoms with E-state index in [1.165, 1.54) is 11.3 Å². The standard InChI is InChI=1S/C21H22N2O5S/c1-12(24)20-18(19(22-28-20)17-5-4-8-29-17)21(25)23-7-6-13-9-15(26-2)16(27-3)10-14(13)11-23/h4-5,8-10,12,24H,6-7,11H2,1-3H3/t12-/m0/s1. The average Bonchev–Trinajstić information content (AvgIpc) is 3.41. The molecule has 3 heterocycles. The number of carbonyl (C=O) groups is 1. The second kappa shape index (κ2) is 7.88. The molecule has 1 aromatic carbocycles. The molecule has 0 fully saturated rings. The lowest BCUT2D eigenvalue weighted by Gasteiger charge is -2.29. The number of fused-ring (bicyclic) bond motifs is 1. The smallest absolute Gasteiger partial charge is 0.260 e. The van der Waals surface area contributed by atoms with Crippen LogP contribution < -0.4 is 9.47 Å². The van der Waals surface area contributed by atoms with Crippen LogP contribution in [0.1, 0.15) is 40.3 Å². The summed E-state index contributed by atoms with van der Waals surface area (Å²) in [6, 6.07) is 7.65. The zero-order valence-corrected chi connectivity index (χ0v) is 17.3. The Balaban J connectivity index is 1.69. The molecule has 0 saturated carbocycles. The Labute approximate surface area is 172 Å². The van der Waals surface area contributed by atoms with Crippen molar-refractivity contribution >= 4 is 17.2 Å². The first-order valence-electron chi connectivity index (χ1n) is 9.28. The molecule has 0 radical (unpaired) electrons. The summed E-state index contributed by atoms with van der Waals surface area (Å²) < 4.78 is 16.1. The van der Waals surface area contributed by atoms with Crippen molar-refractivity contribution in [1.82, 2.24) is 10.1 Å². The lowest BCUT2D eigenvalue weighted by atomic mass is 9.97. The molecule has 0 spiro atoms. The van der Waals surface area contributed by atoms with E-state index in [0.29, 0.717) is 42.3 Å². The monoisotopic (exact) mass is 414 g/mol. The minimum absolute atomic E-state index is 0.191. The molecular formula is C21H22N2O5S. The van der Waals surface area contributed by atoms with Gasteiger partial charge in [0.1, 0.15) is 17.4 Å². The lowest BCUT2D eigenvalue weighted by molar-refractivity contribution is 0.0723. The van der Waals surface area contributed by atoms with E-state index in [2.05, 4.69) is 5.16 Å². The first-order chi connectivity index (χ1) is 14.0. The summed E-state index contributed by atoms with van der Waals surface area (Å²) >= 11 is 1.47. The maximum atomic E-state index is 13.5. The maximum Gasteiger partial charge on any atom is 0.260 e. The van der Waals surface area contributed by atoms with E-state index in [-0.39, 0.29) is 11.7 Å². The summed E-state index contributed by atoms with van der Waals surface area (Å²) in [5.74, 6) is 1.30. The number of nitrogens with zero attached hydrogens (tertiary/aromatic N) is 2. The van der Waals surface area contributed by atoms with E-state index >= 15 is 0 Å². The average molecular weight is 414 g/mol. The fourth-order valence-electron chi connectivity index (χ4n) is 3.59. The molecule has 1 amide bonds. The van der Waals surface area contributed by atoms with Crippen LogP contribution in [0.2, 0.25) is 0 Å². The van der Waals surface area contributed by atoms with Gasteiger partial charge in [-0.2, -0.15) is 0 Å². The second-order valence-electron chi connectivity index (χ2n) is 6.88. The molecule has 4 rings (SSSR count). The van der Waals surface area contributed by atoms with E-state index in [0.717, 1.165) is 16.0 Å². The third-order valence-corrected chi connectivity index (χ3v) is 5.95. The van der Waals surface area contributed by atoms with Crippen LogP contribution in [0.3, 0.4) is 0 Å². The zero-order valence-electron chi connectivity index (χ0n) is 16.5. The van der Waals surface area contributed by atoms with Gasteiger partial charge in [0.15, 0.2) is 17.3 Å². The molecule has 1 aliphatic heterocycles. The number of aliphatic hydroxyl groups excluding tert-OH is 1. The van der Waals surface area contributed by atoms with Crippen molar-refractivity contribution < 1.29 is 23.9 Å². The van der Waals surface area contributed by atoms with Gasteiger partial charge in [-0.15, -0.1) is 11.3 Å². The van der Waals surface area contributed by atoms with Crippen molar-refractivity contribution in [3.05, 3.63) is 52.1 Å². The summed E-state index contributed by atoms with van der Waals surface area (Å²) in [4.78, 5) is 16.0. The molecule has 0 unspecified atom stereocenters. The highest BCUT2D eigenvalue weighted by Crippen LogP contribution is 2.36. The van der Waals surface area contributed by atoms with Crippen LogP contribution in [0.5, 0.6) is 11.5 Å². The van der Waals surface area contributed by atoms with E-state index in [4.69, 9.17) is 14.0 Å². The van der Waals surface area contributed by atoms with E-state index in [1.54, 1.807) is 26.0 Å². The minimum atomic E-state index is -0.934. The number of carbonyl (C=O) groups excluding carboxylic acids is 1. The van der Waals surface area contributed by atoms with E-state index in [1.807, 2.05) is 29.6 Å². The van der Waals surface area contributed by atoms with Crippen molar-refractivity contribution in [2.45, 2.75) is 26.0 Å². The molecule has 1 aliphatic rings. The Kier molecular flexibility index (Phi) is 5.29. The molecule has 0 saturated heterocycles. The number of hydrogen-bond acceptors (Lipinski definition) is 7. The number of methoxy groups -OCH3 is 2. The molecule has 2 aromatic heterocycles. The predicted molar refractivity (Wildman–Crippen MR) is 108 cm³/mol. The number of amides is 1. The summed E-state index contributed by atoms with van der Waals surface area (Å²) in [6.07, 6.45) is -0.234. The topological polar surface area (TPSA) is 85.0 Å². The van der Waals surface area contributed by atoms with E-state index in [9.17, 15) is 9.90 Å². The zero-order chi connectivity index (χ0) is 20.5. The van der Waals surface area contributed by atoms with Gasteiger partial charge >= 0.3 is 0 Å². The third-order valence-electron chi connectivity index (χ3n) is 5.07.